The van der Waals surface area contributed by atoms with Gasteiger partial charge < -0.3 is 14.4 Å². The van der Waals surface area contributed by atoms with Crippen molar-refractivity contribution in [3.05, 3.63) is 47.2 Å². The number of aromatic amines is 1. The summed E-state index contributed by atoms with van der Waals surface area (Å²) in [5, 5.41) is 13.0. The zero-order valence-electron chi connectivity index (χ0n) is 20.2. The van der Waals surface area contributed by atoms with Crippen LogP contribution in [0.15, 0.2) is 24.5 Å². The standard InChI is InChI=1S/C25H27N7O3/c1-5-21-15-7-8-18-16-11-19(26-13-20(16)29-28-18)17-12-23(34-4)27-14-22(17)35-10-6-9-31(2)25(33)24(15)30-32(21)3/h7-8,11-14H,5-6,9-10H2,1-4H3,(H,28,29)/b8-7+. The van der Waals surface area contributed by atoms with Gasteiger partial charge in [-0.1, -0.05) is 6.92 Å². The van der Waals surface area contributed by atoms with Crippen LogP contribution in [0.2, 0.25) is 0 Å². The van der Waals surface area contributed by atoms with Crippen LogP contribution in [0, 0.1) is 0 Å². The molecule has 1 N–H and O–H groups in total. The molecule has 0 atom stereocenters. The lowest BCUT2D eigenvalue weighted by molar-refractivity contribution is 0.0781. The zero-order chi connectivity index (χ0) is 24.5. The Morgan fingerprint density at radius 1 is 1.17 bits per heavy atom. The quantitative estimate of drug-likeness (QED) is 0.475. The van der Waals surface area contributed by atoms with Crippen LogP contribution in [0.5, 0.6) is 11.6 Å². The normalized spacial score (nSPS) is 15.1. The maximum Gasteiger partial charge on any atom is 0.274 e. The van der Waals surface area contributed by atoms with E-state index in [0.717, 1.165) is 45.5 Å². The molecule has 0 spiro atoms. The minimum absolute atomic E-state index is 0.128. The average Bonchev–Trinajstić information content (AvgIpc) is 3.43. The summed E-state index contributed by atoms with van der Waals surface area (Å²) in [6, 6.07) is 3.78. The van der Waals surface area contributed by atoms with Crippen LogP contribution in [-0.2, 0) is 13.5 Å². The molecule has 0 fully saturated rings. The number of amides is 1. The van der Waals surface area contributed by atoms with Gasteiger partial charge >= 0.3 is 0 Å². The molecule has 35 heavy (non-hydrogen) atoms. The molecule has 180 valence electrons. The van der Waals surface area contributed by atoms with Gasteiger partial charge in [-0.05, 0) is 31.1 Å². The van der Waals surface area contributed by atoms with Gasteiger partial charge in [0.2, 0.25) is 5.88 Å². The first-order valence-electron chi connectivity index (χ1n) is 11.5. The van der Waals surface area contributed by atoms with Crippen molar-refractivity contribution in [3.8, 4) is 22.9 Å². The lowest BCUT2D eigenvalue weighted by Gasteiger charge is -2.17. The van der Waals surface area contributed by atoms with Crippen molar-refractivity contribution in [2.45, 2.75) is 19.8 Å². The Morgan fingerprint density at radius 2 is 2.03 bits per heavy atom. The molecule has 0 saturated heterocycles. The van der Waals surface area contributed by atoms with E-state index >= 15 is 0 Å². The van der Waals surface area contributed by atoms with E-state index in [1.807, 2.05) is 31.3 Å². The molecule has 1 aliphatic heterocycles. The highest BCUT2D eigenvalue weighted by Crippen LogP contribution is 2.33. The highest BCUT2D eigenvalue weighted by atomic mass is 16.5. The molecule has 5 rings (SSSR count). The fourth-order valence-electron chi connectivity index (χ4n) is 4.32. The number of fused-ring (bicyclic) bond motifs is 4. The number of aryl methyl sites for hydroxylation is 1. The van der Waals surface area contributed by atoms with Crippen LogP contribution >= 0.6 is 0 Å². The molecule has 0 saturated carbocycles. The molecule has 4 aromatic heterocycles. The van der Waals surface area contributed by atoms with E-state index in [1.54, 1.807) is 36.1 Å². The van der Waals surface area contributed by atoms with Crippen molar-refractivity contribution in [2.24, 2.45) is 7.05 Å². The Kier molecular flexibility index (Phi) is 5.94. The Bertz CT molecular complexity index is 1440. The number of methoxy groups -OCH3 is 1. The van der Waals surface area contributed by atoms with E-state index in [9.17, 15) is 4.79 Å². The molecule has 1 aliphatic rings. The first-order chi connectivity index (χ1) is 17.0. The molecule has 0 unspecified atom stereocenters. The number of pyridine rings is 2. The second-order valence-corrected chi connectivity index (χ2v) is 8.39. The minimum atomic E-state index is -0.128. The number of rotatable bonds is 2. The smallest absolute Gasteiger partial charge is 0.274 e. The number of H-pyrrole nitrogens is 1. The molecular formula is C25H27N7O3. The van der Waals surface area contributed by atoms with Crippen LogP contribution in [0.3, 0.4) is 0 Å². The highest BCUT2D eigenvalue weighted by Gasteiger charge is 2.23. The predicted molar refractivity (Wildman–Crippen MR) is 132 cm³/mol. The zero-order valence-corrected chi connectivity index (χ0v) is 20.2. The summed E-state index contributed by atoms with van der Waals surface area (Å²) < 4.78 is 13.2. The number of carbonyl (C=O) groups is 1. The van der Waals surface area contributed by atoms with E-state index in [2.05, 4.69) is 32.2 Å². The number of nitrogens with zero attached hydrogens (tertiary/aromatic N) is 6. The molecule has 0 radical (unpaired) electrons. The van der Waals surface area contributed by atoms with Gasteiger partial charge in [-0.25, -0.2) is 4.98 Å². The van der Waals surface area contributed by atoms with Gasteiger partial charge in [0.1, 0.15) is 5.75 Å². The van der Waals surface area contributed by atoms with Crippen molar-refractivity contribution in [2.75, 3.05) is 27.3 Å². The van der Waals surface area contributed by atoms with Crippen molar-refractivity contribution in [1.29, 1.82) is 0 Å². The SMILES string of the molecule is CCc1c2c(nn1C)C(=O)N(C)CCCOc1cnc(OC)cc1-c1cc3c(n[nH]c3cn1)/C=C/2. The van der Waals surface area contributed by atoms with Gasteiger partial charge in [0.15, 0.2) is 5.69 Å². The number of carbonyl (C=O) groups excluding carboxylic acids is 1. The van der Waals surface area contributed by atoms with E-state index in [-0.39, 0.29) is 5.91 Å². The van der Waals surface area contributed by atoms with Crippen molar-refractivity contribution in [3.63, 3.8) is 0 Å². The molecule has 4 aromatic rings. The Balaban J connectivity index is 1.69. The Morgan fingerprint density at radius 3 is 2.83 bits per heavy atom. The first-order valence-corrected chi connectivity index (χ1v) is 11.5. The van der Waals surface area contributed by atoms with Gasteiger partial charge in [-0.3, -0.25) is 19.6 Å². The third kappa shape index (κ3) is 4.11. The fourth-order valence-corrected chi connectivity index (χ4v) is 4.32. The van der Waals surface area contributed by atoms with Crippen molar-refractivity contribution < 1.29 is 14.3 Å². The summed E-state index contributed by atoms with van der Waals surface area (Å²) in [5.74, 6) is 0.939. The van der Waals surface area contributed by atoms with Gasteiger partial charge in [0.05, 0.1) is 43.0 Å². The number of hydrogen-bond acceptors (Lipinski definition) is 7. The first kappa shape index (κ1) is 22.6. The maximum absolute atomic E-state index is 13.3. The fraction of sp³-hybridized carbons (Fsp3) is 0.320. The average molecular weight is 474 g/mol. The summed E-state index contributed by atoms with van der Waals surface area (Å²) in [6.07, 6.45) is 8.62. The molecular weight excluding hydrogens is 446 g/mol. The second-order valence-electron chi connectivity index (χ2n) is 8.39. The predicted octanol–water partition coefficient (Wildman–Crippen LogP) is 3.35. The lowest BCUT2D eigenvalue weighted by Crippen LogP contribution is -2.29. The molecule has 10 nitrogen and oxygen atoms in total. The summed E-state index contributed by atoms with van der Waals surface area (Å²) in [4.78, 5) is 23.9. The van der Waals surface area contributed by atoms with Gasteiger partial charge in [0, 0.05) is 48.9 Å². The molecule has 2 bridgehead atoms. The number of hydrogen-bond donors (Lipinski definition) is 1. The number of nitrogens with one attached hydrogen (secondary N) is 1. The molecule has 1 amide bonds. The third-order valence-electron chi connectivity index (χ3n) is 6.20. The minimum Gasteiger partial charge on any atom is -0.491 e. The Hall–Kier alpha value is -4.21. The summed E-state index contributed by atoms with van der Waals surface area (Å²) in [7, 11) is 5.22. The summed E-state index contributed by atoms with van der Waals surface area (Å²) in [5.41, 5.74) is 5.25. The van der Waals surface area contributed by atoms with Gasteiger partial charge in [0.25, 0.3) is 5.91 Å². The Labute approximate surface area is 202 Å². The van der Waals surface area contributed by atoms with Crippen LogP contribution in [0.1, 0.15) is 40.8 Å². The maximum atomic E-state index is 13.3. The number of ether oxygens (including phenoxy) is 2. The monoisotopic (exact) mass is 473 g/mol. The number of aromatic nitrogens is 6. The molecule has 10 heteroatoms. The van der Waals surface area contributed by atoms with E-state index < -0.39 is 0 Å². The van der Waals surface area contributed by atoms with Gasteiger partial charge in [-0.2, -0.15) is 10.2 Å². The summed E-state index contributed by atoms with van der Waals surface area (Å²) in [6.45, 7) is 2.98. The van der Waals surface area contributed by atoms with Crippen LogP contribution in [0.4, 0.5) is 0 Å². The van der Waals surface area contributed by atoms with Crippen LogP contribution in [-0.4, -0.2) is 68.1 Å². The van der Waals surface area contributed by atoms with E-state index in [4.69, 9.17) is 9.47 Å². The molecule has 5 heterocycles. The summed E-state index contributed by atoms with van der Waals surface area (Å²) >= 11 is 0. The van der Waals surface area contributed by atoms with Crippen molar-refractivity contribution in [1.82, 2.24) is 34.8 Å². The lowest BCUT2D eigenvalue weighted by atomic mass is 10.1. The van der Waals surface area contributed by atoms with Crippen LogP contribution < -0.4 is 9.47 Å². The van der Waals surface area contributed by atoms with Gasteiger partial charge in [-0.15, -0.1) is 0 Å². The largest absolute Gasteiger partial charge is 0.491 e. The molecule has 0 aliphatic carbocycles. The van der Waals surface area contributed by atoms with E-state index in [1.165, 1.54) is 0 Å². The van der Waals surface area contributed by atoms with Crippen LogP contribution in [0.25, 0.3) is 34.3 Å². The molecule has 0 aromatic carbocycles. The van der Waals surface area contributed by atoms with Crippen molar-refractivity contribution >= 4 is 29.0 Å². The second kappa shape index (κ2) is 9.21. The highest BCUT2D eigenvalue weighted by molar-refractivity contribution is 5.98. The van der Waals surface area contributed by atoms with E-state index in [0.29, 0.717) is 36.9 Å². The third-order valence-corrected chi connectivity index (χ3v) is 6.20. The topological polar surface area (TPSA) is 111 Å².